The lowest BCUT2D eigenvalue weighted by Gasteiger charge is -2.23. The molecule has 82 valence electrons. The molecule has 1 N–H and O–H groups in total. The maximum Gasteiger partial charge on any atom is 0.0522 e. The van der Waals surface area contributed by atoms with Crippen molar-refractivity contribution in [2.45, 2.75) is 26.2 Å². The van der Waals surface area contributed by atoms with Gasteiger partial charge in [-0.2, -0.15) is 0 Å². The molecular formula is C13H17ClO. The van der Waals surface area contributed by atoms with Gasteiger partial charge in [0.15, 0.2) is 0 Å². The highest BCUT2D eigenvalue weighted by Crippen LogP contribution is 2.28. The van der Waals surface area contributed by atoms with Crippen LogP contribution in [0.2, 0.25) is 5.02 Å². The first-order chi connectivity index (χ1) is 6.86. The van der Waals surface area contributed by atoms with Gasteiger partial charge in [-0.3, -0.25) is 0 Å². The van der Waals surface area contributed by atoms with E-state index < -0.39 is 0 Å². The third-order valence-corrected chi connectivity index (χ3v) is 2.79. The zero-order chi connectivity index (χ0) is 11.6. The van der Waals surface area contributed by atoms with Crippen molar-refractivity contribution >= 4 is 17.2 Å². The van der Waals surface area contributed by atoms with E-state index in [4.69, 9.17) is 11.6 Å². The number of halogens is 1. The van der Waals surface area contributed by atoms with Crippen LogP contribution in [0.4, 0.5) is 0 Å². The summed E-state index contributed by atoms with van der Waals surface area (Å²) < 4.78 is 0. The Bertz CT molecular complexity index is 380. The minimum Gasteiger partial charge on any atom is -0.395 e. The summed E-state index contributed by atoms with van der Waals surface area (Å²) in [6, 6.07) is 5.81. The van der Waals surface area contributed by atoms with Crippen molar-refractivity contribution < 1.29 is 5.11 Å². The molecule has 0 heterocycles. The van der Waals surface area contributed by atoms with Crippen LogP contribution in [0.1, 0.15) is 31.9 Å². The first kappa shape index (κ1) is 12.3. The van der Waals surface area contributed by atoms with E-state index in [-0.39, 0.29) is 12.0 Å². The Labute approximate surface area is 96.4 Å². The van der Waals surface area contributed by atoms with Crippen LogP contribution >= 0.6 is 11.6 Å². The fraction of sp³-hybridized carbons (Fsp3) is 0.385. The molecule has 0 aromatic heterocycles. The number of allylic oxidation sites excluding steroid dienone is 1. The molecule has 1 rings (SSSR count). The second-order valence-electron chi connectivity index (χ2n) is 4.55. The second kappa shape index (κ2) is 4.38. The first-order valence-electron chi connectivity index (χ1n) is 4.94. The van der Waals surface area contributed by atoms with Crippen molar-refractivity contribution in [3.05, 3.63) is 40.9 Å². The highest BCUT2D eigenvalue weighted by atomic mass is 35.5. The summed E-state index contributed by atoms with van der Waals surface area (Å²) in [4.78, 5) is 0. The summed E-state index contributed by atoms with van der Waals surface area (Å²) in [7, 11) is 0. The fourth-order valence-electron chi connectivity index (χ4n) is 1.32. The predicted molar refractivity (Wildman–Crippen MR) is 66.3 cm³/mol. The van der Waals surface area contributed by atoms with Gasteiger partial charge in [-0.25, -0.2) is 0 Å². The molecule has 0 unspecified atom stereocenters. The van der Waals surface area contributed by atoms with Gasteiger partial charge in [0.1, 0.15) is 0 Å². The average Bonchev–Trinajstić information content (AvgIpc) is 2.16. The van der Waals surface area contributed by atoms with Gasteiger partial charge >= 0.3 is 0 Å². The largest absolute Gasteiger partial charge is 0.395 e. The van der Waals surface area contributed by atoms with Gasteiger partial charge in [0.2, 0.25) is 0 Å². The number of hydrogen-bond donors (Lipinski definition) is 1. The van der Waals surface area contributed by atoms with Gasteiger partial charge in [0.25, 0.3) is 0 Å². The zero-order valence-corrected chi connectivity index (χ0v) is 10.2. The minimum atomic E-state index is -0.269. The van der Waals surface area contributed by atoms with E-state index in [1.54, 1.807) is 0 Å². The molecule has 0 spiro atoms. The average molecular weight is 225 g/mol. The molecule has 0 aliphatic heterocycles. The number of rotatable bonds is 3. The summed E-state index contributed by atoms with van der Waals surface area (Å²) in [5, 5.41) is 9.99. The molecule has 1 aromatic carbocycles. The van der Waals surface area contributed by atoms with Crippen molar-refractivity contribution in [1.82, 2.24) is 0 Å². The Morgan fingerprint density at radius 2 is 2.00 bits per heavy atom. The maximum absolute atomic E-state index is 9.30. The first-order valence-corrected chi connectivity index (χ1v) is 5.32. The van der Waals surface area contributed by atoms with Gasteiger partial charge < -0.3 is 5.11 Å². The van der Waals surface area contributed by atoms with Crippen LogP contribution in [0.5, 0.6) is 0 Å². The van der Waals surface area contributed by atoms with Crippen molar-refractivity contribution in [2.24, 2.45) is 0 Å². The van der Waals surface area contributed by atoms with Gasteiger partial charge in [-0.15, -0.1) is 0 Å². The molecule has 0 saturated heterocycles. The lowest BCUT2D eigenvalue weighted by molar-refractivity contribution is 0.218. The van der Waals surface area contributed by atoms with Gasteiger partial charge in [0, 0.05) is 10.4 Å². The van der Waals surface area contributed by atoms with Gasteiger partial charge in [-0.05, 0) is 30.2 Å². The van der Waals surface area contributed by atoms with Crippen LogP contribution in [-0.4, -0.2) is 11.7 Å². The van der Waals surface area contributed by atoms with Gasteiger partial charge in [0.05, 0.1) is 6.61 Å². The summed E-state index contributed by atoms with van der Waals surface area (Å²) >= 11 is 6.03. The molecule has 1 nitrogen and oxygen atoms in total. The smallest absolute Gasteiger partial charge is 0.0522 e. The van der Waals surface area contributed by atoms with Crippen LogP contribution in [0, 0.1) is 0 Å². The van der Waals surface area contributed by atoms with E-state index in [1.165, 1.54) is 0 Å². The highest BCUT2D eigenvalue weighted by molar-refractivity contribution is 6.30. The van der Waals surface area contributed by atoms with Gasteiger partial charge in [-0.1, -0.05) is 43.7 Å². The number of benzene rings is 1. The number of aliphatic hydroxyl groups excluding tert-OH is 1. The lowest BCUT2D eigenvalue weighted by atomic mass is 9.84. The summed E-state index contributed by atoms with van der Waals surface area (Å²) in [5.74, 6) is 0. The van der Waals surface area contributed by atoms with E-state index in [1.807, 2.05) is 39.0 Å². The molecule has 0 amide bonds. The molecule has 1 aromatic rings. The van der Waals surface area contributed by atoms with E-state index in [0.717, 1.165) is 16.7 Å². The zero-order valence-electron chi connectivity index (χ0n) is 9.47. The third-order valence-electron chi connectivity index (χ3n) is 2.57. The molecule has 0 atom stereocenters. The maximum atomic E-state index is 9.30. The van der Waals surface area contributed by atoms with Crippen molar-refractivity contribution in [3.8, 4) is 0 Å². The van der Waals surface area contributed by atoms with E-state index in [2.05, 4.69) is 6.58 Å². The molecular weight excluding hydrogens is 208 g/mol. The van der Waals surface area contributed by atoms with Crippen LogP contribution in [0.25, 0.3) is 5.57 Å². The van der Waals surface area contributed by atoms with Crippen LogP contribution in [0.15, 0.2) is 24.8 Å². The van der Waals surface area contributed by atoms with Crippen LogP contribution < -0.4 is 0 Å². The Morgan fingerprint density at radius 3 is 2.47 bits per heavy atom. The van der Waals surface area contributed by atoms with E-state index in [9.17, 15) is 5.11 Å². The summed E-state index contributed by atoms with van der Waals surface area (Å²) in [6.07, 6.45) is 0. The fourth-order valence-corrected chi connectivity index (χ4v) is 1.55. The molecule has 0 bridgehead atoms. The standard InChI is InChI=1S/C13H17ClO/c1-9(2)10-5-11(7-12(14)6-10)13(3,4)8-15/h5-7,15H,1,8H2,2-4H3. The summed E-state index contributed by atoms with van der Waals surface area (Å²) in [5.41, 5.74) is 2.77. The van der Waals surface area contributed by atoms with Crippen molar-refractivity contribution in [1.29, 1.82) is 0 Å². The number of hydrogen-bond acceptors (Lipinski definition) is 1. The molecule has 15 heavy (non-hydrogen) atoms. The Kier molecular flexibility index (Phi) is 3.58. The Balaban J connectivity index is 3.26. The SMILES string of the molecule is C=C(C)c1cc(Cl)cc(C(C)(C)CO)c1. The molecule has 0 aliphatic carbocycles. The topological polar surface area (TPSA) is 20.2 Å². The second-order valence-corrected chi connectivity index (χ2v) is 4.99. The predicted octanol–water partition coefficient (Wildman–Crippen LogP) is 3.64. The monoisotopic (exact) mass is 224 g/mol. The van der Waals surface area contributed by atoms with Crippen molar-refractivity contribution in [2.75, 3.05) is 6.61 Å². The quantitative estimate of drug-likeness (QED) is 0.831. The molecule has 0 aliphatic rings. The van der Waals surface area contributed by atoms with Crippen LogP contribution in [0.3, 0.4) is 0 Å². The number of aliphatic hydroxyl groups is 1. The molecule has 0 fully saturated rings. The Hall–Kier alpha value is -0.790. The van der Waals surface area contributed by atoms with E-state index >= 15 is 0 Å². The molecule has 0 radical (unpaired) electrons. The van der Waals surface area contributed by atoms with Crippen LogP contribution in [-0.2, 0) is 5.41 Å². The van der Waals surface area contributed by atoms with E-state index in [0.29, 0.717) is 5.02 Å². The minimum absolute atomic E-state index is 0.100. The van der Waals surface area contributed by atoms with Crippen molar-refractivity contribution in [3.63, 3.8) is 0 Å². The lowest BCUT2D eigenvalue weighted by Crippen LogP contribution is -2.22. The normalized spacial score (nSPS) is 11.5. The molecule has 2 heteroatoms. The summed E-state index contributed by atoms with van der Waals surface area (Å²) in [6.45, 7) is 9.91. The Morgan fingerprint density at radius 1 is 1.40 bits per heavy atom. The molecule has 0 saturated carbocycles. The highest BCUT2D eigenvalue weighted by Gasteiger charge is 2.20. The third kappa shape index (κ3) is 2.83.